The second kappa shape index (κ2) is 8.03. The van der Waals surface area contributed by atoms with Gasteiger partial charge in [-0.1, -0.05) is 25.7 Å². The maximum atomic E-state index is 12.3. The van der Waals surface area contributed by atoms with Gasteiger partial charge in [0.2, 0.25) is 10.0 Å². The van der Waals surface area contributed by atoms with Crippen molar-refractivity contribution >= 4 is 10.0 Å². The minimum absolute atomic E-state index is 0.0236. The fraction of sp³-hybridized carbons (Fsp3) is 0.467. The average Bonchev–Trinajstić information content (AvgIpc) is 2.45. The van der Waals surface area contributed by atoms with Crippen molar-refractivity contribution in [3.63, 3.8) is 0 Å². The van der Waals surface area contributed by atoms with E-state index in [4.69, 9.17) is 9.84 Å². The zero-order valence-corrected chi connectivity index (χ0v) is 13.3. The van der Waals surface area contributed by atoms with Crippen molar-refractivity contribution in [3.8, 4) is 17.6 Å². The molecule has 0 aliphatic carbocycles. The van der Waals surface area contributed by atoms with E-state index in [1.54, 1.807) is 12.1 Å². The molecule has 2 N–H and O–H groups in total. The Hall–Kier alpha value is -1.55. The third-order valence-electron chi connectivity index (χ3n) is 2.60. The van der Waals surface area contributed by atoms with Crippen LogP contribution in [-0.4, -0.2) is 33.8 Å². The van der Waals surface area contributed by atoms with Gasteiger partial charge >= 0.3 is 0 Å². The van der Waals surface area contributed by atoms with Crippen LogP contribution < -0.4 is 9.46 Å². The molecule has 1 rings (SSSR count). The smallest absolute Gasteiger partial charge is 0.244 e. The normalized spacial score (nSPS) is 11.1. The van der Waals surface area contributed by atoms with Gasteiger partial charge in [-0.25, -0.2) is 13.1 Å². The molecule has 21 heavy (non-hydrogen) atoms. The molecule has 0 atom stereocenters. The summed E-state index contributed by atoms with van der Waals surface area (Å²) in [6, 6.07) is 4.74. The van der Waals surface area contributed by atoms with E-state index >= 15 is 0 Å². The molecule has 0 saturated carbocycles. The summed E-state index contributed by atoms with van der Waals surface area (Å²) in [5, 5.41) is 8.70. The highest BCUT2D eigenvalue weighted by Gasteiger charge is 2.19. The Morgan fingerprint density at radius 3 is 2.67 bits per heavy atom. The van der Waals surface area contributed by atoms with Crippen LogP contribution in [0.5, 0.6) is 5.75 Å². The SMILES string of the molecule is COc1ccc(C#CCCO)cc1S(=O)(=O)NCC(C)C. The topological polar surface area (TPSA) is 75.6 Å². The Morgan fingerprint density at radius 2 is 2.10 bits per heavy atom. The largest absolute Gasteiger partial charge is 0.495 e. The number of aliphatic hydroxyl groups excluding tert-OH is 1. The van der Waals surface area contributed by atoms with Gasteiger partial charge in [0, 0.05) is 18.5 Å². The van der Waals surface area contributed by atoms with Crippen molar-refractivity contribution in [1.82, 2.24) is 4.72 Å². The van der Waals surface area contributed by atoms with E-state index in [0.717, 1.165) is 0 Å². The number of hydrogen-bond donors (Lipinski definition) is 2. The van der Waals surface area contributed by atoms with Gasteiger partial charge < -0.3 is 9.84 Å². The van der Waals surface area contributed by atoms with E-state index in [2.05, 4.69) is 16.6 Å². The quantitative estimate of drug-likeness (QED) is 0.778. The summed E-state index contributed by atoms with van der Waals surface area (Å²) in [7, 11) is -2.22. The Labute approximate surface area is 126 Å². The van der Waals surface area contributed by atoms with Crippen LogP contribution in [-0.2, 0) is 10.0 Å². The minimum Gasteiger partial charge on any atom is -0.495 e. The van der Waals surface area contributed by atoms with Crippen molar-refractivity contribution in [1.29, 1.82) is 0 Å². The highest BCUT2D eigenvalue weighted by atomic mass is 32.2. The maximum Gasteiger partial charge on any atom is 0.244 e. The Balaban J connectivity index is 3.14. The molecule has 0 fully saturated rings. The molecule has 6 heteroatoms. The number of rotatable bonds is 6. The number of benzene rings is 1. The minimum atomic E-state index is -3.64. The lowest BCUT2D eigenvalue weighted by Crippen LogP contribution is -2.28. The molecule has 1 aromatic rings. The molecule has 0 unspecified atom stereocenters. The van der Waals surface area contributed by atoms with E-state index in [1.165, 1.54) is 13.2 Å². The van der Waals surface area contributed by atoms with E-state index in [-0.39, 0.29) is 23.2 Å². The van der Waals surface area contributed by atoms with Crippen molar-refractivity contribution in [3.05, 3.63) is 23.8 Å². The van der Waals surface area contributed by atoms with Gasteiger partial charge in [0.1, 0.15) is 10.6 Å². The summed E-state index contributed by atoms with van der Waals surface area (Å²) < 4.78 is 32.3. The first-order chi connectivity index (χ1) is 9.90. The molecule has 0 amide bonds. The first-order valence-corrected chi connectivity index (χ1v) is 8.16. The number of hydrogen-bond acceptors (Lipinski definition) is 4. The molecule has 0 bridgehead atoms. The number of nitrogens with one attached hydrogen (secondary N) is 1. The average molecular weight is 311 g/mol. The standard InChI is InChI=1S/C15H21NO4S/c1-12(2)11-16-21(18,19)15-10-13(6-4-5-9-17)7-8-14(15)20-3/h7-8,10,12,16-17H,5,9,11H2,1-3H3. The molecule has 0 saturated heterocycles. The molecular weight excluding hydrogens is 290 g/mol. The lowest BCUT2D eigenvalue weighted by molar-refractivity contribution is 0.305. The van der Waals surface area contributed by atoms with Gasteiger partial charge in [0.05, 0.1) is 13.7 Å². The van der Waals surface area contributed by atoms with E-state index < -0.39 is 10.0 Å². The van der Waals surface area contributed by atoms with Crippen LogP contribution in [0, 0.1) is 17.8 Å². The fourth-order valence-electron chi connectivity index (χ4n) is 1.54. The number of sulfonamides is 1. The van der Waals surface area contributed by atoms with Crippen LogP contribution in [0.2, 0.25) is 0 Å². The Bertz CT molecular complexity index is 627. The molecule has 0 aliphatic heterocycles. The zero-order valence-electron chi connectivity index (χ0n) is 12.5. The predicted octanol–water partition coefficient (Wildman–Crippen LogP) is 1.36. The summed E-state index contributed by atoms with van der Waals surface area (Å²) in [5.41, 5.74) is 0.564. The Morgan fingerprint density at radius 1 is 1.38 bits per heavy atom. The Kier molecular flexibility index (Phi) is 6.69. The highest BCUT2D eigenvalue weighted by molar-refractivity contribution is 7.89. The molecule has 5 nitrogen and oxygen atoms in total. The molecule has 0 aliphatic rings. The summed E-state index contributed by atoms with van der Waals surface area (Å²) >= 11 is 0. The third kappa shape index (κ3) is 5.38. The first kappa shape index (κ1) is 17.5. The maximum absolute atomic E-state index is 12.3. The van der Waals surface area contributed by atoms with Gasteiger partial charge in [-0.05, 0) is 24.1 Å². The molecule has 116 valence electrons. The molecular formula is C15H21NO4S. The fourth-order valence-corrected chi connectivity index (χ4v) is 2.95. The van der Waals surface area contributed by atoms with Crippen LogP contribution in [0.1, 0.15) is 25.8 Å². The van der Waals surface area contributed by atoms with E-state index in [0.29, 0.717) is 18.5 Å². The van der Waals surface area contributed by atoms with Gasteiger partial charge in [0.15, 0.2) is 0 Å². The van der Waals surface area contributed by atoms with Gasteiger partial charge in [-0.3, -0.25) is 0 Å². The summed E-state index contributed by atoms with van der Waals surface area (Å²) in [6.45, 7) is 4.18. The van der Waals surface area contributed by atoms with E-state index in [9.17, 15) is 8.42 Å². The van der Waals surface area contributed by atoms with E-state index in [1.807, 2.05) is 13.8 Å². The molecule has 0 aromatic heterocycles. The van der Waals surface area contributed by atoms with Crippen LogP contribution in [0.15, 0.2) is 23.1 Å². The van der Waals surface area contributed by atoms with Gasteiger partial charge in [0.25, 0.3) is 0 Å². The van der Waals surface area contributed by atoms with Gasteiger partial charge in [-0.2, -0.15) is 0 Å². The van der Waals surface area contributed by atoms with Crippen LogP contribution in [0.3, 0.4) is 0 Å². The first-order valence-electron chi connectivity index (χ1n) is 6.68. The van der Waals surface area contributed by atoms with Crippen LogP contribution in [0.4, 0.5) is 0 Å². The number of methoxy groups -OCH3 is 1. The third-order valence-corrected chi connectivity index (χ3v) is 4.05. The second-order valence-corrected chi connectivity index (χ2v) is 6.62. The van der Waals surface area contributed by atoms with Crippen molar-refractivity contribution in [2.24, 2.45) is 5.92 Å². The van der Waals surface area contributed by atoms with Crippen LogP contribution >= 0.6 is 0 Å². The van der Waals surface area contributed by atoms with Crippen LogP contribution in [0.25, 0.3) is 0 Å². The van der Waals surface area contributed by atoms with Crippen molar-refractivity contribution in [2.45, 2.75) is 25.2 Å². The second-order valence-electron chi connectivity index (χ2n) is 4.89. The number of ether oxygens (including phenoxy) is 1. The molecule has 0 spiro atoms. The van der Waals surface area contributed by atoms with Gasteiger partial charge in [-0.15, -0.1) is 0 Å². The zero-order chi connectivity index (χ0) is 15.9. The number of aliphatic hydroxyl groups is 1. The lowest BCUT2D eigenvalue weighted by atomic mass is 10.2. The molecule has 0 heterocycles. The summed E-state index contributed by atoms with van der Waals surface area (Å²) in [6.07, 6.45) is 0.347. The predicted molar refractivity (Wildman–Crippen MR) is 81.6 cm³/mol. The lowest BCUT2D eigenvalue weighted by Gasteiger charge is -2.12. The van der Waals surface area contributed by atoms with Crippen molar-refractivity contribution < 1.29 is 18.3 Å². The molecule has 1 aromatic carbocycles. The summed E-state index contributed by atoms with van der Waals surface area (Å²) in [5.74, 6) is 6.06. The monoisotopic (exact) mass is 311 g/mol. The molecule has 0 radical (unpaired) electrons. The highest BCUT2D eigenvalue weighted by Crippen LogP contribution is 2.24. The van der Waals surface area contributed by atoms with Crippen molar-refractivity contribution in [2.75, 3.05) is 20.3 Å². The summed E-state index contributed by atoms with van der Waals surface area (Å²) in [4.78, 5) is 0.0708.